The van der Waals surface area contributed by atoms with Crippen molar-refractivity contribution in [2.24, 2.45) is 0 Å². The molecule has 5 rings (SSSR count). The van der Waals surface area contributed by atoms with E-state index in [9.17, 15) is 15.2 Å². The Morgan fingerprint density at radius 3 is 2.80 bits per heavy atom. The molecule has 0 saturated carbocycles. The lowest BCUT2D eigenvalue weighted by atomic mass is 10.0. The molecule has 0 radical (unpaired) electrons. The fourth-order valence-corrected chi connectivity index (χ4v) is 6.16. The summed E-state index contributed by atoms with van der Waals surface area (Å²) < 4.78 is 6.20. The molecule has 212 valence electrons. The number of anilines is 1. The summed E-state index contributed by atoms with van der Waals surface area (Å²) in [5.41, 5.74) is 4.32. The third-order valence-corrected chi connectivity index (χ3v) is 8.41. The minimum atomic E-state index is -0.247. The third-order valence-electron chi connectivity index (χ3n) is 8.41. The summed E-state index contributed by atoms with van der Waals surface area (Å²) in [5.74, 6) is 0.941. The SMILES string of the molecule is C=CC(=O)N1CCN(c2nc(OC[C@@H]3CCCN3C)nc3c2CN(Cc2cc(O)ccc2CC)C3)C[C@@H]1CC#N. The van der Waals surface area contributed by atoms with Crippen molar-refractivity contribution in [3.63, 3.8) is 0 Å². The van der Waals surface area contributed by atoms with Crippen LogP contribution in [0.3, 0.4) is 0 Å². The molecular formula is C30H39N7O3. The van der Waals surface area contributed by atoms with Crippen LogP contribution >= 0.6 is 0 Å². The molecule has 0 aliphatic carbocycles. The van der Waals surface area contributed by atoms with E-state index in [1.54, 1.807) is 11.0 Å². The minimum Gasteiger partial charge on any atom is -0.508 e. The quantitative estimate of drug-likeness (QED) is 0.476. The Labute approximate surface area is 236 Å². The van der Waals surface area contributed by atoms with E-state index in [1.807, 2.05) is 12.1 Å². The minimum absolute atomic E-state index is 0.151. The first-order valence-corrected chi connectivity index (χ1v) is 14.2. The molecule has 1 aromatic heterocycles. The number of nitriles is 1. The number of likely N-dealkylation sites (N-methyl/N-ethyl adjacent to an activating group) is 1. The van der Waals surface area contributed by atoms with Gasteiger partial charge in [-0.15, -0.1) is 0 Å². The lowest BCUT2D eigenvalue weighted by Gasteiger charge is -2.41. The molecule has 2 aromatic rings. The van der Waals surface area contributed by atoms with E-state index in [1.165, 1.54) is 18.1 Å². The number of hydrogen-bond acceptors (Lipinski definition) is 9. The van der Waals surface area contributed by atoms with Crippen LogP contribution in [0.4, 0.5) is 5.82 Å². The smallest absolute Gasteiger partial charge is 0.318 e. The van der Waals surface area contributed by atoms with E-state index < -0.39 is 0 Å². The van der Waals surface area contributed by atoms with E-state index in [0.29, 0.717) is 57.9 Å². The number of aromatic nitrogens is 2. The average Bonchev–Trinajstić information content (AvgIpc) is 3.56. The molecule has 4 heterocycles. The number of nitrogens with zero attached hydrogens (tertiary/aromatic N) is 7. The van der Waals surface area contributed by atoms with Gasteiger partial charge in [0.2, 0.25) is 5.91 Å². The summed E-state index contributed by atoms with van der Waals surface area (Å²) in [5, 5.41) is 19.6. The van der Waals surface area contributed by atoms with Crippen LogP contribution < -0.4 is 9.64 Å². The highest BCUT2D eigenvalue weighted by Crippen LogP contribution is 2.34. The Kier molecular flexibility index (Phi) is 8.52. The Morgan fingerprint density at radius 2 is 2.08 bits per heavy atom. The number of amides is 1. The fraction of sp³-hybridized carbons (Fsp3) is 0.533. The number of phenols is 1. The van der Waals surface area contributed by atoms with Crippen LogP contribution in [0.1, 0.15) is 48.6 Å². The lowest BCUT2D eigenvalue weighted by molar-refractivity contribution is -0.128. The molecule has 3 aliphatic heterocycles. The second-order valence-electron chi connectivity index (χ2n) is 11.0. The number of likely N-dealkylation sites (tertiary alicyclic amines) is 1. The van der Waals surface area contributed by atoms with Gasteiger partial charge in [-0.2, -0.15) is 15.2 Å². The molecule has 1 N–H and O–H groups in total. The van der Waals surface area contributed by atoms with E-state index in [2.05, 4.69) is 41.3 Å². The Hall–Kier alpha value is -3.68. The highest BCUT2D eigenvalue weighted by atomic mass is 16.5. The molecule has 2 saturated heterocycles. The molecule has 1 amide bonds. The standard InChI is InChI=1S/C30H39N7O3/c1-4-21-8-9-25(38)15-22(21)16-35-18-26-27(19-35)32-30(40-20-24-7-6-12-34(24)3)33-29(26)36-13-14-37(28(39)5-2)23(17-36)10-11-31/h5,8-9,15,23-24,38H,2,4,6-7,10,12-14,16-20H2,1,3H3/t23-,24-/m0/s1. The van der Waals surface area contributed by atoms with Gasteiger partial charge in [-0.25, -0.2) is 0 Å². The molecule has 2 fully saturated rings. The first kappa shape index (κ1) is 27.9. The number of fused-ring (bicyclic) bond motifs is 1. The van der Waals surface area contributed by atoms with Crippen molar-refractivity contribution in [1.82, 2.24) is 24.7 Å². The van der Waals surface area contributed by atoms with Crippen LogP contribution in [-0.2, 0) is 30.8 Å². The molecule has 3 aliphatic rings. The monoisotopic (exact) mass is 545 g/mol. The summed E-state index contributed by atoms with van der Waals surface area (Å²) in [4.78, 5) is 30.8. The van der Waals surface area contributed by atoms with Gasteiger partial charge in [-0.1, -0.05) is 19.6 Å². The number of phenolic OH excluding ortho intramolecular Hbond substituents is 1. The largest absolute Gasteiger partial charge is 0.508 e. The number of piperazine rings is 1. The highest BCUT2D eigenvalue weighted by Gasteiger charge is 2.34. The third kappa shape index (κ3) is 5.91. The van der Waals surface area contributed by atoms with Gasteiger partial charge >= 0.3 is 6.01 Å². The van der Waals surface area contributed by atoms with Crippen molar-refractivity contribution < 1.29 is 14.6 Å². The maximum atomic E-state index is 12.5. The zero-order valence-corrected chi connectivity index (χ0v) is 23.6. The molecule has 2 atom stereocenters. The predicted octanol–water partition coefficient (Wildman–Crippen LogP) is 2.85. The number of benzene rings is 1. The number of rotatable bonds is 9. The number of aryl methyl sites for hydroxylation is 1. The average molecular weight is 546 g/mol. The molecule has 0 unspecified atom stereocenters. The maximum Gasteiger partial charge on any atom is 0.318 e. The van der Waals surface area contributed by atoms with Crippen molar-refractivity contribution >= 4 is 11.7 Å². The van der Waals surface area contributed by atoms with Crippen LogP contribution in [0.2, 0.25) is 0 Å². The molecule has 1 aromatic carbocycles. The Balaban J connectivity index is 1.42. The first-order chi connectivity index (χ1) is 19.4. The molecule has 40 heavy (non-hydrogen) atoms. The highest BCUT2D eigenvalue weighted by molar-refractivity contribution is 5.87. The fourth-order valence-electron chi connectivity index (χ4n) is 6.16. The van der Waals surface area contributed by atoms with Crippen LogP contribution in [0.15, 0.2) is 30.9 Å². The molecule has 0 bridgehead atoms. The molecule has 10 heteroatoms. The second-order valence-corrected chi connectivity index (χ2v) is 11.0. The molecular weight excluding hydrogens is 506 g/mol. The summed E-state index contributed by atoms with van der Waals surface area (Å²) in [6.45, 7) is 11.0. The maximum absolute atomic E-state index is 12.5. The van der Waals surface area contributed by atoms with Crippen LogP contribution in [0.25, 0.3) is 0 Å². The number of hydrogen-bond donors (Lipinski definition) is 1. The number of ether oxygens (including phenoxy) is 1. The van der Waals surface area contributed by atoms with Crippen molar-refractivity contribution in [2.45, 2.75) is 64.3 Å². The normalized spacial score (nSPS) is 21.3. The van der Waals surface area contributed by atoms with E-state index in [-0.39, 0.29) is 24.1 Å². The van der Waals surface area contributed by atoms with E-state index in [4.69, 9.17) is 14.7 Å². The zero-order chi connectivity index (χ0) is 28.2. The number of carbonyl (C=O) groups excluding carboxylic acids is 1. The van der Waals surface area contributed by atoms with Gasteiger partial charge in [0.15, 0.2) is 0 Å². The lowest BCUT2D eigenvalue weighted by Crippen LogP contribution is -2.55. The second kappa shape index (κ2) is 12.2. The number of aromatic hydroxyl groups is 1. The van der Waals surface area contributed by atoms with Gasteiger partial charge in [0.25, 0.3) is 0 Å². The Bertz CT molecular complexity index is 1290. The summed E-state index contributed by atoms with van der Waals surface area (Å²) in [6, 6.07) is 8.31. The van der Waals surface area contributed by atoms with E-state index >= 15 is 0 Å². The predicted molar refractivity (Wildman–Crippen MR) is 152 cm³/mol. The number of carbonyl (C=O) groups is 1. The van der Waals surface area contributed by atoms with Crippen molar-refractivity contribution in [3.8, 4) is 17.8 Å². The van der Waals surface area contributed by atoms with Crippen LogP contribution in [0.5, 0.6) is 11.8 Å². The van der Waals surface area contributed by atoms with Crippen LogP contribution in [0, 0.1) is 11.3 Å². The van der Waals surface area contributed by atoms with Gasteiger partial charge in [-0.05, 0) is 62.2 Å². The van der Waals surface area contributed by atoms with Crippen LogP contribution in [-0.4, -0.2) is 87.6 Å². The molecule has 0 spiro atoms. The molecule has 10 nitrogen and oxygen atoms in total. The summed E-state index contributed by atoms with van der Waals surface area (Å²) in [7, 11) is 2.12. The summed E-state index contributed by atoms with van der Waals surface area (Å²) >= 11 is 0. The van der Waals surface area contributed by atoms with Crippen molar-refractivity contribution in [3.05, 3.63) is 53.2 Å². The van der Waals surface area contributed by atoms with Gasteiger partial charge < -0.3 is 24.5 Å². The van der Waals surface area contributed by atoms with Crippen molar-refractivity contribution in [2.75, 3.05) is 44.7 Å². The van der Waals surface area contributed by atoms with E-state index in [0.717, 1.165) is 42.0 Å². The summed E-state index contributed by atoms with van der Waals surface area (Å²) in [6.07, 6.45) is 4.71. The Morgan fingerprint density at radius 1 is 1.23 bits per heavy atom. The first-order valence-electron chi connectivity index (χ1n) is 14.2. The van der Waals surface area contributed by atoms with Gasteiger partial charge in [0.1, 0.15) is 18.2 Å². The zero-order valence-electron chi connectivity index (χ0n) is 23.6. The topological polar surface area (TPSA) is 109 Å². The van der Waals surface area contributed by atoms with Crippen molar-refractivity contribution in [1.29, 1.82) is 5.26 Å². The van der Waals surface area contributed by atoms with Gasteiger partial charge in [-0.3, -0.25) is 9.69 Å². The van der Waals surface area contributed by atoms with Gasteiger partial charge in [0, 0.05) is 50.9 Å². The van der Waals surface area contributed by atoms with Gasteiger partial charge in [0.05, 0.1) is 24.2 Å².